The van der Waals surface area contributed by atoms with Crippen LogP contribution < -0.4 is 19.9 Å². The molecule has 1 aromatic carbocycles. The summed E-state index contributed by atoms with van der Waals surface area (Å²) in [6.07, 6.45) is 0. The molecule has 0 aliphatic rings. The van der Waals surface area contributed by atoms with E-state index >= 15 is 0 Å². The highest BCUT2D eigenvalue weighted by Crippen LogP contribution is 2.45. The molecule has 0 unspecified atom stereocenters. The Morgan fingerprint density at radius 2 is 1.75 bits per heavy atom. The lowest BCUT2D eigenvalue weighted by Gasteiger charge is -2.15. The first-order valence-corrected chi connectivity index (χ1v) is 5.81. The monoisotopic (exact) mass is 281 g/mol. The number of ether oxygens (including phenoxy) is 3. The summed E-state index contributed by atoms with van der Waals surface area (Å²) in [6.45, 7) is 0. The van der Waals surface area contributed by atoms with Crippen LogP contribution in [0.4, 0.5) is 10.2 Å². The maximum Gasteiger partial charge on any atom is 0.174 e. The highest BCUT2D eigenvalue weighted by Gasteiger charge is 2.24. The van der Waals surface area contributed by atoms with Gasteiger partial charge in [-0.3, -0.25) is 4.68 Å². The number of methoxy groups -OCH3 is 3. The summed E-state index contributed by atoms with van der Waals surface area (Å²) in [7, 11) is 5.96. The molecule has 0 spiro atoms. The molecule has 2 N–H and O–H groups in total. The fourth-order valence-electron chi connectivity index (χ4n) is 1.98. The van der Waals surface area contributed by atoms with Crippen molar-refractivity contribution in [3.05, 3.63) is 17.9 Å². The minimum absolute atomic E-state index is 0.0285. The van der Waals surface area contributed by atoms with Crippen molar-refractivity contribution >= 4 is 5.82 Å². The normalized spacial score (nSPS) is 10.4. The van der Waals surface area contributed by atoms with Crippen molar-refractivity contribution in [2.45, 2.75) is 0 Å². The summed E-state index contributed by atoms with van der Waals surface area (Å²) in [4.78, 5) is 0. The van der Waals surface area contributed by atoms with E-state index in [1.807, 2.05) is 0 Å². The van der Waals surface area contributed by atoms with Crippen LogP contribution in [0.2, 0.25) is 0 Å². The molecular formula is C13H16FN3O3. The summed E-state index contributed by atoms with van der Waals surface area (Å²) in [5.41, 5.74) is 6.57. The minimum atomic E-state index is -0.565. The van der Waals surface area contributed by atoms with Crippen LogP contribution >= 0.6 is 0 Å². The van der Waals surface area contributed by atoms with Crippen molar-refractivity contribution in [3.63, 3.8) is 0 Å². The standard InChI is InChI=1S/C13H16FN3O3/c1-17-10(15)6-8(16-17)11-12(19-3)7(14)5-9(18-2)13(11)20-4/h5-6H,15H2,1-4H3. The number of benzene rings is 1. The number of nitrogens with zero attached hydrogens (tertiary/aromatic N) is 2. The number of aryl methyl sites for hydroxylation is 1. The lowest BCUT2D eigenvalue weighted by atomic mass is 10.1. The van der Waals surface area contributed by atoms with Gasteiger partial charge in [-0.05, 0) is 0 Å². The fraction of sp³-hybridized carbons (Fsp3) is 0.308. The second-order valence-corrected chi connectivity index (χ2v) is 4.08. The van der Waals surface area contributed by atoms with Gasteiger partial charge in [0.05, 0.1) is 26.9 Å². The van der Waals surface area contributed by atoms with Gasteiger partial charge in [0, 0.05) is 19.2 Å². The Hall–Kier alpha value is -2.44. The van der Waals surface area contributed by atoms with Gasteiger partial charge < -0.3 is 19.9 Å². The summed E-state index contributed by atoms with van der Waals surface area (Å²) >= 11 is 0. The van der Waals surface area contributed by atoms with E-state index in [1.165, 1.54) is 32.1 Å². The number of hydrogen-bond donors (Lipinski definition) is 1. The van der Waals surface area contributed by atoms with E-state index < -0.39 is 5.82 Å². The molecule has 2 rings (SSSR count). The summed E-state index contributed by atoms with van der Waals surface area (Å²) < 4.78 is 31.1. The van der Waals surface area contributed by atoms with Gasteiger partial charge in [0.2, 0.25) is 0 Å². The van der Waals surface area contributed by atoms with Gasteiger partial charge in [-0.15, -0.1) is 0 Å². The molecule has 1 heterocycles. The molecule has 2 aromatic rings. The second kappa shape index (κ2) is 5.28. The topological polar surface area (TPSA) is 71.5 Å². The van der Waals surface area contributed by atoms with Gasteiger partial charge >= 0.3 is 0 Å². The molecule has 20 heavy (non-hydrogen) atoms. The minimum Gasteiger partial charge on any atom is -0.493 e. The summed E-state index contributed by atoms with van der Waals surface area (Å²) in [5, 5.41) is 4.22. The average molecular weight is 281 g/mol. The Labute approximate surface area is 115 Å². The first kappa shape index (κ1) is 14.0. The zero-order valence-corrected chi connectivity index (χ0v) is 11.7. The molecule has 0 saturated carbocycles. The molecule has 1 aromatic heterocycles. The Bertz CT molecular complexity index is 621. The van der Waals surface area contributed by atoms with Crippen molar-refractivity contribution in [2.24, 2.45) is 7.05 Å². The molecule has 0 aliphatic carbocycles. The highest BCUT2D eigenvalue weighted by atomic mass is 19.1. The largest absolute Gasteiger partial charge is 0.493 e. The number of nitrogen functional groups attached to an aromatic ring is 1. The van der Waals surface area contributed by atoms with Crippen LogP contribution in [0.3, 0.4) is 0 Å². The molecule has 0 bridgehead atoms. The number of hydrogen-bond acceptors (Lipinski definition) is 5. The van der Waals surface area contributed by atoms with E-state index in [0.29, 0.717) is 22.8 Å². The van der Waals surface area contributed by atoms with Crippen LogP contribution in [-0.4, -0.2) is 31.1 Å². The first-order valence-electron chi connectivity index (χ1n) is 5.81. The number of nitrogens with two attached hydrogens (primary N) is 1. The molecule has 0 aliphatic heterocycles. The number of rotatable bonds is 4. The number of anilines is 1. The SMILES string of the molecule is COc1cc(F)c(OC)c(-c2cc(N)n(C)n2)c1OC. The fourth-order valence-corrected chi connectivity index (χ4v) is 1.98. The molecule has 0 saturated heterocycles. The van der Waals surface area contributed by atoms with E-state index in [0.717, 1.165) is 0 Å². The predicted octanol–water partition coefficient (Wildman–Crippen LogP) is 1.83. The molecular weight excluding hydrogens is 265 g/mol. The average Bonchev–Trinajstić information content (AvgIpc) is 2.76. The maximum absolute atomic E-state index is 14.1. The van der Waals surface area contributed by atoms with E-state index in [9.17, 15) is 4.39 Å². The molecule has 0 amide bonds. The molecule has 108 valence electrons. The number of halogens is 1. The smallest absolute Gasteiger partial charge is 0.174 e. The van der Waals surface area contributed by atoms with Crippen molar-refractivity contribution < 1.29 is 18.6 Å². The Morgan fingerprint density at radius 1 is 1.10 bits per heavy atom. The van der Waals surface area contributed by atoms with Crippen LogP contribution in [0.25, 0.3) is 11.3 Å². The highest BCUT2D eigenvalue weighted by molar-refractivity contribution is 5.79. The van der Waals surface area contributed by atoms with Crippen molar-refractivity contribution in [1.82, 2.24) is 9.78 Å². The van der Waals surface area contributed by atoms with E-state index in [-0.39, 0.29) is 11.5 Å². The van der Waals surface area contributed by atoms with Crippen LogP contribution in [0.5, 0.6) is 17.2 Å². The Morgan fingerprint density at radius 3 is 2.20 bits per heavy atom. The van der Waals surface area contributed by atoms with Gasteiger partial charge in [-0.2, -0.15) is 5.10 Å². The Kier molecular flexibility index (Phi) is 3.69. The van der Waals surface area contributed by atoms with Crippen molar-refractivity contribution in [3.8, 4) is 28.5 Å². The zero-order chi connectivity index (χ0) is 14.9. The molecule has 0 fully saturated rings. The third-order valence-corrected chi connectivity index (χ3v) is 2.95. The maximum atomic E-state index is 14.1. The molecule has 0 radical (unpaired) electrons. The lowest BCUT2D eigenvalue weighted by molar-refractivity contribution is 0.341. The van der Waals surface area contributed by atoms with E-state index in [4.69, 9.17) is 19.9 Å². The van der Waals surface area contributed by atoms with E-state index in [1.54, 1.807) is 13.1 Å². The van der Waals surface area contributed by atoms with Crippen molar-refractivity contribution in [1.29, 1.82) is 0 Å². The number of aromatic nitrogens is 2. The van der Waals surface area contributed by atoms with E-state index in [2.05, 4.69) is 5.10 Å². The first-order chi connectivity index (χ1) is 9.53. The van der Waals surface area contributed by atoms with Crippen LogP contribution in [0.1, 0.15) is 0 Å². The quantitative estimate of drug-likeness (QED) is 0.925. The molecule has 7 heteroatoms. The zero-order valence-electron chi connectivity index (χ0n) is 11.7. The van der Waals surface area contributed by atoms with Crippen LogP contribution in [0, 0.1) is 5.82 Å². The summed E-state index contributed by atoms with van der Waals surface area (Å²) in [6, 6.07) is 2.81. The van der Waals surface area contributed by atoms with Gasteiger partial charge in [0.1, 0.15) is 11.5 Å². The molecule has 6 nitrogen and oxygen atoms in total. The summed E-state index contributed by atoms with van der Waals surface area (Å²) in [5.74, 6) is 0.492. The third-order valence-electron chi connectivity index (χ3n) is 2.95. The van der Waals surface area contributed by atoms with Crippen molar-refractivity contribution in [2.75, 3.05) is 27.1 Å². The van der Waals surface area contributed by atoms with Crippen LogP contribution in [-0.2, 0) is 7.05 Å². The molecule has 0 atom stereocenters. The van der Waals surface area contributed by atoms with Gasteiger partial charge in [-0.25, -0.2) is 4.39 Å². The van der Waals surface area contributed by atoms with Gasteiger partial charge in [0.25, 0.3) is 0 Å². The van der Waals surface area contributed by atoms with Gasteiger partial charge in [-0.1, -0.05) is 0 Å². The Balaban J connectivity index is 2.79. The second-order valence-electron chi connectivity index (χ2n) is 4.08. The van der Waals surface area contributed by atoms with Gasteiger partial charge in [0.15, 0.2) is 23.1 Å². The predicted molar refractivity (Wildman–Crippen MR) is 72.7 cm³/mol. The third kappa shape index (κ3) is 2.11. The van der Waals surface area contributed by atoms with Crippen LogP contribution in [0.15, 0.2) is 12.1 Å². The lowest BCUT2D eigenvalue weighted by Crippen LogP contribution is -2.00.